The van der Waals surface area contributed by atoms with Crippen molar-refractivity contribution < 1.29 is 4.79 Å². The Morgan fingerprint density at radius 1 is 1.45 bits per heavy atom. The number of imidazole rings is 1. The first-order valence-corrected chi connectivity index (χ1v) is 7.99. The summed E-state index contributed by atoms with van der Waals surface area (Å²) in [5.41, 5.74) is 1.17. The summed E-state index contributed by atoms with van der Waals surface area (Å²) in [5.74, 6) is 1.92. The molecule has 1 unspecified atom stereocenters. The zero-order chi connectivity index (χ0) is 13.9. The van der Waals surface area contributed by atoms with Crippen LogP contribution in [0, 0.1) is 11.8 Å². The van der Waals surface area contributed by atoms with Crippen molar-refractivity contribution in [2.75, 3.05) is 6.54 Å². The zero-order valence-corrected chi connectivity index (χ0v) is 12.3. The van der Waals surface area contributed by atoms with Crippen molar-refractivity contribution in [1.29, 1.82) is 0 Å². The molecule has 1 aromatic heterocycles. The lowest BCUT2D eigenvalue weighted by Crippen LogP contribution is -2.33. The molecular formula is C16H25N3O. The summed E-state index contributed by atoms with van der Waals surface area (Å²) in [6.07, 6.45) is 12.6. The number of H-pyrrole nitrogens is 1. The lowest BCUT2D eigenvalue weighted by atomic mass is 9.80. The van der Waals surface area contributed by atoms with Gasteiger partial charge in [-0.1, -0.05) is 39.0 Å². The topological polar surface area (TPSA) is 49.0 Å². The molecule has 1 aromatic rings. The van der Waals surface area contributed by atoms with Crippen LogP contribution in [0.4, 0.5) is 0 Å². The summed E-state index contributed by atoms with van der Waals surface area (Å²) in [4.78, 5) is 20.7. The largest absolute Gasteiger partial charge is 0.348 e. The van der Waals surface area contributed by atoms with Gasteiger partial charge in [0, 0.05) is 30.4 Å². The maximum atomic E-state index is 11.4. The first-order valence-electron chi connectivity index (χ1n) is 7.99. The monoisotopic (exact) mass is 275 g/mol. The number of rotatable bonds is 6. The average Bonchev–Trinajstić information content (AvgIpc) is 3.09. The van der Waals surface area contributed by atoms with Crippen LogP contribution in [-0.2, 0) is 4.79 Å². The quantitative estimate of drug-likeness (QED) is 0.811. The van der Waals surface area contributed by atoms with Crippen LogP contribution in [0.3, 0.4) is 0 Å². The van der Waals surface area contributed by atoms with Crippen LogP contribution < -0.4 is 0 Å². The minimum atomic E-state index is 0.388. The third-order valence-electron chi connectivity index (χ3n) is 5.19. The number of aromatic amines is 1. The molecule has 3 rings (SSSR count). The number of carbonyl (C=O) groups excluding carboxylic acids is 1. The van der Waals surface area contributed by atoms with Crippen molar-refractivity contribution in [2.24, 2.45) is 11.8 Å². The molecule has 0 radical (unpaired) electrons. The van der Waals surface area contributed by atoms with Crippen molar-refractivity contribution in [3.05, 3.63) is 18.2 Å². The first kappa shape index (κ1) is 13.7. The van der Waals surface area contributed by atoms with Gasteiger partial charge in [-0.25, -0.2) is 4.98 Å². The number of hydrogen-bond acceptors (Lipinski definition) is 2. The second-order valence-corrected chi connectivity index (χ2v) is 6.59. The van der Waals surface area contributed by atoms with Crippen LogP contribution in [0.15, 0.2) is 12.5 Å². The molecule has 2 aliphatic rings. The number of nitrogens with one attached hydrogen (secondary N) is 1. The number of amides is 1. The molecule has 0 spiro atoms. The highest BCUT2D eigenvalue weighted by Gasteiger charge is 2.44. The van der Waals surface area contributed by atoms with Crippen LogP contribution >= 0.6 is 0 Å². The van der Waals surface area contributed by atoms with Gasteiger partial charge in [0.2, 0.25) is 6.41 Å². The van der Waals surface area contributed by atoms with Crippen molar-refractivity contribution >= 4 is 6.41 Å². The lowest BCUT2D eigenvalue weighted by molar-refractivity contribution is -0.119. The molecule has 1 amide bonds. The van der Waals surface area contributed by atoms with Crippen LogP contribution in [0.2, 0.25) is 0 Å². The fourth-order valence-electron chi connectivity index (χ4n) is 3.79. The summed E-state index contributed by atoms with van der Waals surface area (Å²) in [7, 11) is 0. The molecule has 110 valence electrons. The Hall–Kier alpha value is -1.32. The van der Waals surface area contributed by atoms with Crippen LogP contribution in [0.5, 0.6) is 0 Å². The smallest absolute Gasteiger partial charge is 0.209 e. The van der Waals surface area contributed by atoms with Crippen molar-refractivity contribution in [3.63, 3.8) is 0 Å². The van der Waals surface area contributed by atoms with Crippen LogP contribution in [-0.4, -0.2) is 33.9 Å². The van der Waals surface area contributed by atoms with E-state index in [1.807, 2.05) is 11.1 Å². The minimum absolute atomic E-state index is 0.388. The Bertz CT molecular complexity index is 425. The van der Waals surface area contributed by atoms with Gasteiger partial charge in [-0.3, -0.25) is 4.79 Å². The predicted octanol–water partition coefficient (Wildman–Crippen LogP) is 2.94. The highest BCUT2D eigenvalue weighted by molar-refractivity contribution is 5.50. The first-order chi connectivity index (χ1) is 9.79. The second-order valence-electron chi connectivity index (χ2n) is 6.59. The van der Waals surface area contributed by atoms with Crippen molar-refractivity contribution in [2.45, 2.75) is 57.4 Å². The van der Waals surface area contributed by atoms with E-state index < -0.39 is 0 Å². The summed E-state index contributed by atoms with van der Waals surface area (Å²) < 4.78 is 0. The van der Waals surface area contributed by atoms with Gasteiger partial charge in [-0.15, -0.1) is 0 Å². The maximum Gasteiger partial charge on any atom is 0.209 e. The van der Waals surface area contributed by atoms with Gasteiger partial charge in [-0.05, 0) is 18.3 Å². The van der Waals surface area contributed by atoms with E-state index in [0.717, 1.165) is 25.3 Å². The van der Waals surface area contributed by atoms with E-state index in [-0.39, 0.29) is 0 Å². The summed E-state index contributed by atoms with van der Waals surface area (Å²) in [6.45, 7) is 3.24. The fraction of sp³-hybridized carbons (Fsp3) is 0.750. The van der Waals surface area contributed by atoms with Gasteiger partial charge < -0.3 is 9.88 Å². The molecular weight excluding hydrogens is 250 g/mol. The summed E-state index contributed by atoms with van der Waals surface area (Å²) in [6, 6.07) is 0.388. The summed E-state index contributed by atoms with van der Waals surface area (Å²) in [5, 5.41) is 0. The van der Waals surface area contributed by atoms with Gasteiger partial charge in [0.1, 0.15) is 0 Å². The average molecular weight is 275 g/mol. The van der Waals surface area contributed by atoms with E-state index in [2.05, 4.69) is 16.9 Å². The predicted molar refractivity (Wildman–Crippen MR) is 78.2 cm³/mol. The van der Waals surface area contributed by atoms with Crippen molar-refractivity contribution in [3.8, 4) is 0 Å². The Morgan fingerprint density at radius 2 is 2.25 bits per heavy atom. The lowest BCUT2D eigenvalue weighted by Gasteiger charge is -2.31. The van der Waals surface area contributed by atoms with Gasteiger partial charge in [0.25, 0.3) is 0 Å². The molecule has 2 aliphatic carbocycles. The molecule has 4 nitrogen and oxygen atoms in total. The molecule has 2 fully saturated rings. The number of hydrogen-bond donors (Lipinski definition) is 1. The highest BCUT2D eigenvalue weighted by Crippen LogP contribution is 2.44. The number of carbonyl (C=O) groups is 1. The van der Waals surface area contributed by atoms with Crippen molar-refractivity contribution in [1.82, 2.24) is 14.9 Å². The molecule has 0 bridgehead atoms. The van der Waals surface area contributed by atoms with E-state index in [0.29, 0.717) is 17.9 Å². The molecule has 1 heterocycles. The molecule has 2 saturated carbocycles. The SMILES string of the molecule is CC(CN(C=O)[C@@H]1C[C@H]1c1cnc[nH]1)C1CCCCC1. The second kappa shape index (κ2) is 5.98. The van der Waals surface area contributed by atoms with Gasteiger partial charge in [-0.2, -0.15) is 0 Å². The van der Waals surface area contributed by atoms with Crippen LogP contribution in [0.1, 0.15) is 57.1 Å². The molecule has 3 atom stereocenters. The fourth-order valence-corrected chi connectivity index (χ4v) is 3.79. The van der Waals surface area contributed by atoms with E-state index in [4.69, 9.17) is 0 Å². The third-order valence-corrected chi connectivity index (χ3v) is 5.19. The highest BCUT2D eigenvalue weighted by atomic mass is 16.1. The molecule has 0 aromatic carbocycles. The van der Waals surface area contributed by atoms with E-state index in [1.165, 1.54) is 37.8 Å². The van der Waals surface area contributed by atoms with Gasteiger partial charge in [0.15, 0.2) is 0 Å². The molecule has 1 N–H and O–H groups in total. The Balaban J connectivity index is 1.54. The Labute approximate surface area is 121 Å². The van der Waals surface area contributed by atoms with E-state index in [9.17, 15) is 4.79 Å². The summed E-state index contributed by atoms with van der Waals surface area (Å²) >= 11 is 0. The molecule has 20 heavy (non-hydrogen) atoms. The van der Waals surface area contributed by atoms with Gasteiger partial charge in [0.05, 0.1) is 6.33 Å². The van der Waals surface area contributed by atoms with E-state index in [1.54, 1.807) is 6.33 Å². The molecule has 4 heteroatoms. The zero-order valence-electron chi connectivity index (χ0n) is 12.3. The van der Waals surface area contributed by atoms with Gasteiger partial charge >= 0.3 is 0 Å². The van der Waals surface area contributed by atoms with Crippen LogP contribution in [0.25, 0.3) is 0 Å². The number of aromatic nitrogens is 2. The normalized spacial score (nSPS) is 28.1. The standard InChI is InChI=1S/C16H25N3O/c1-12(13-5-3-2-4-6-13)9-19(11-20)16-7-14(16)15-8-17-10-18-15/h8,10-14,16H,2-7,9H2,1H3,(H,17,18)/t12?,14-,16+/m0/s1. The van der Waals surface area contributed by atoms with E-state index >= 15 is 0 Å². The molecule has 0 aliphatic heterocycles. The number of nitrogens with zero attached hydrogens (tertiary/aromatic N) is 2. The minimum Gasteiger partial charge on any atom is -0.348 e. The molecule has 0 saturated heterocycles. The third kappa shape index (κ3) is 2.89. The Kier molecular flexibility index (Phi) is 4.08. The Morgan fingerprint density at radius 3 is 2.90 bits per heavy atom. The maximum absolute atomic E-state index is 11.4.